The van der Waals surface area contributed by atoms with Crippen LogP contribution in [0.2, 0.25) is 0 Å². The number of anilines is 1. The largest absolute Gasteiger partial charge is 0.478 e. The number of nitrogens with zero attached hydrogens (tertiary/aromatic N) is 2. The fourth-order valence-electron chi connectivity index (χ4n) is 0.967. The maximum Gasteiger partial charge on any atom is 0.328 e. The Kier molecular flexibility index (Phi) is 10.2. The molecule has 0 fully saturated rings. The van der Waals surface area contributed by atoms with Gasteiger partial charge >= 0.3 is 5.97 Å². The summed E-state index contributed by atoms with van der Waals surface area (Å²) < 4.78 is 0. The summed E-state index contributed by atoms with van der Waals surface area (Å²) in [6.45, 7) is 2.43. The van der Waals surface area contributed by atoms with E-state index in [0.29, 0.717) is 18.1 Å². The highest BCUT2D eigenvalue weighted by atomic mass is 35.5. The Morgan fingerprint density at radius 2 is 2.17 bits per heavy atom. The third-order valence-corrected chi connectivity index (χ3v) is 1.82. The molecule has 0 spiro atoms. The summed E-state index contributed by atoms with van der Waals surface area (Å²) in [5, 5.41) is 11.5. The lowest BCUT2D eigenvalue weighted by atomic mass is 10.3. The number of carbonyl (C=O) groups is 1. The van der Waals surface area contributed by atoms with Crippen molar-refractivity contribution in [3.05, 3.63) is 24.2 Å². The van der Waals surface area contributed by atoms with Gasteiger partial charge in [0.15, 0.2) is 0 Å². The van der Waals surface area contributed by atoms with Crippen molar-refractivity contribution in [1.29, 1.82) is 0 Å². The predicted molar refractivity (Wildman–Crippen MR) is 75.3 cm³/mol. The van der Waals surface area contributed by atoms with Gasteiger partial charge in [0, 0.05) is 18.7 Å². The van der Waals surface area contributed by atoms with E-state index in [0.717, 1.165) is 6.08 Å². The summed E-state index contributed by atoms with van der Waals surface area (Å²) in [6.07, 6.45) is 5.42. The third-order valence-electron chi connectivity index (χ3n) is 1.82. The minimum atomic E-state index is -1.01. The van der Waals surface area contributed by atoms with Crippen LogP contribution in [0.25, 0.3) is 6.08 Å². The molecule has 0 saturated carbocycles. The number of carboxylic acid groups (broad SMARTS) is 1. The summed E-state index contributed by atoms with van der Waals surface area (Å²) in [5.74, 6) is -0.397. The van der Waals surface area contributed by atoms with Gasteiger partial charge in [-0.15, -0.1) is 24.8 Å². The fourth-order valence-corrected chi connectivity index (χ4v) is 0.967. The van der Waals surface area contributed by atoms with Gasteiger partial charge < -0.3 is 16.2 Å². The molecule has 0 aliphatic carbocycles. The Hall–Kier alpha value is -1.37. The Bertz CT molecular complexity index is 384. The summed E-state index contributed by atoms with van der Waals surface area (Å²) >= 11 is 0. The van der Waals surface area contributed by atoms with Crippen LogP contribution in [0.4, 0.5) is 5.82 Å². The van der Waals surface area contributed by atoms with Crippen LogP contribution in [0, 0.1) is 0 Å². The lowest BCUT2D eigenvalue weighted by Gasteiger charge is -2.10. The van der Waals surface area contributed by atoms with E-state index < -0.39 is 5.97 Å². The molecule has 8 heteroatoms. The number of nitrogens with two attached hydrogens (primary N) is 1. The zero-order valence-electron chi connectivity index (χ0n) is 9.74. The minimum Gasteiger partial charge on any atom is -0.478 e. The van der Waals surface area contributed by atoms with Crippen LogP contribution in [0.5, 0.6) is 0 Å². The van der Waals surface area contributed by atoms with E-state index >= 15 is 0 Å². The topological polar surface area (TPSA) is 101 Å². The Morgan fingerprint density at radius 3 is 2.61 bits per heavy atom. The normalized spacial score (nSPS) is 11.2. The second-order valence-electron chi connectivity index (χ2n) is 3.28. The number of hydrogen-bond donors (Lipinski definition) is 3. The molecular formula is C10H16Cl2N4O2. The van der Waals surface area contributed by atoms with Crippen LogP contribution in [0.3, 0.4) is 0 Å². The molecule has 0 unspecified atom stereocenters. The molecule has 0 aliphatic heterocycles. The summed E-state index contributed by atoms with van der Waals surface area (Å²) in [5.41, 5.74) is 5.94. The van der Waals surface area contributed by atoms with E-state index in [1.807, 2.05) is 6.92 Å². The first-order valence-electron chi connectivity index (χ1n) is 4.81. The monoisotopic (exact) mass is 294 g/mol. The molecule has 0 amide bonds. The van der Waals surface area contributed by atoms with Gasteiger partial charge in [-0.25, -0.2) is 9.78 Å². The molecule has 1 aromatic heterocycles. The minimum absolute atomic E-state index is 0. The molecular weight excluding hydrogens is 279 g/mol. The number of rotatable bonds is 5. The second kappa shape index (κ2) is 9.64. The Labute approximate surface area is 118 Å². The second-order valence-corrected chi connectivity index (χ2v) is 3.28. The van der Waals surface area contributed by atoms with Gasteiger partial charge in [0.2, 0.25) is 0 Å². The average molecular weight is 295 g/mol. The molecule has 1 rings (SSSR count). The standard InChI is InChI=1S/C10H14N4O2.2ClH/c1-7(4-11)14-9-6-12-8(5-13-9)2-3-10(15)16;;/h2-3,5-7H,4,11H2,1H3,(H,13,14)(H,15,16);2*1H/t7-;;/m1../s1. The van der Waals surface area contributed by atoms with Gasteiger partial charge in [0.25, 0.3) is 0 Å². The number of halogens is 2. The lowest BCUT2D eigenvalue weighted by molar-refractivity contribution is -0.131. The first-order chi connectivity index (χ1) is 7.61. The molecule has 1 heterocycles. The van der Waals surface area contributed by atoms with E-state index in [-0.39, 0.29) is 30.9 Å². The first kappa shape index (κ1) is 19.0. The van der Waals surface area contributed by atoms with Gasteiger partial charge in [-0.3, -0.25) is 4.98 Å². The SMILES string of the molecule is C[C@H](CN)Nc1cnc(C=CC(=O)O)cn1.Cl.Cl. The van der Waals surface area contributed by atoms with Gasteiger partial charge in [0.05, 0.1) is 18.1 Å². The van der Waals surface area contributed by atoms with E-state index in [2.05, 4.69) is 15.3 Å². The van der Waals surface area contributed by atoms with E-state index in [1.165, 1.54) is 18.5 Å². The highest BCUT2D eigenvalue weighted by molar-refractivity contribution is 5.85. The summed E-state index contributed by atoms with van der Waals surface area (Å²) in [4.78, 5) is 18.4. The first-order valence-corrected chi connectivity index (χ1v) is 4.81. The van der Waals surface area contributed by atoms with Gasteiger partial charge in [0.1, 0.15) is 5.82 Å². The summed E-state index contributed by atoms with van der Waals surface area (Å²) in [7, 11) is 0. The maximum atomic E-state index is 10.3. The lowest BCUT2D eigenvalue weighted by Crippen LogP contribution is -2.25. The molecule has 4 N–H and O–H groups in total. The fraction of sp³-hybridized carbons (Fsp3) is 0.300. The Balaban J connectivity index is 0. The smallest absolute Gasteiger partial charge is 0.328 e. The van der Waals surface area contributed by atoms with Crippen molar-refractivity contribution in [2.24, 2.45) is 5.73 Å². The molecule has 1 atom stereocenters. The summed E-state index contributed by atoms with van der Waals surface area (Å²) in [6, 6.07) is 0.120. The highest BCUT2D eigenvalue weighted by Gasteiger charge is 2.00. The van der Waals surface area contributed by atoms with Crippen LogP contribution in [-0.2, 0) is 4.79 Å². The maximum absolute atomic E-state index is 10.3. The van der Waals surface area contributed by atoms with E-state index in [9.17, 15) is 4.79 Å². The van der Waals surface area contributed by atoms with Crippen molar-refractivity contribution in [2.75, 3.05) is 11.9 Å². The van der Waals surface area contributed by atoms with Crippen LogP contribution >= 0.6 is 24.8 Å². The number of aliphatic carboxylic acids is 1. The van der Waals surface area contributed by atoms with Crippen LogP contribution < -0.4 is 11.1 Å². The molecule has 6 nitrogen and oxygen atoms in total. The third kappa shape index (κ3) is 7.05. The predicted octanol–water partition coefficient (Wildman–Crippen LogP) is 1.18. The van der Waals surface area contributed by atoms with Gasteiger partial charge in [-0.1, -0.05) is 0 Å². The molecule has 18 heavy (non-hydrogen) atoms. The van der Waals surface area contributed by atoms with Crippen molar-refractivity contribution in [2.45, 2.75) is 13.0 Å². The van der Waals surface area contributed by atoms with Gasteiger partial charge in [-0.05, 0) is 13.0 Å². The van der Waals surface area contributed by atoms with Gasteiger partial charge in [-0.2, -0.15) is 0 Å². The zero-order valence-corrected chi connectivity index (χ0v) is 11.4. The average Bonchev–Trinajstić information content (AvgIpc) is 2.28. The van der Waals surface area contributed by atoms with Crippen molar-refractivity contribution in [3.63, 3.8) is 0 Å². The number of carboxylic acids is 1. The molecule has 1 aromatic rings. The Morgan fingerprint density at radius 1 is 1.50 bits per heavy atom. The molecule has 0 aromatic carbocycles. The molecule has 0 saturated heterocycles. The molecule has 102 valence electrons. The van der Waals surface area contributed by atoms with Crippen molar-refractivity contribution < 1.29 is 9.90 Å². The number of hydrogen-bond acceptors (Lipinski definition) is 5. The van der Waals surface area contributed by atoms with Crippen LogP contribution in [0.1, 0.15) is 12.6 Å². The van der Waals surface area contributed by atoms with Crippen LogP contribution in [-0.4, -0.2) is 33.6 Å². The number of nitrogens with one attached hydrogen (secondary N) is 1. The molecule has 0 aliphatic rings. The quantitative estimate of drug-likeness (QED) is 0.705. The van der Waals surface area contributed by atoms with E-state index in [1.54, 1.807) is 0 Å². The van der Waals surface area contributed by atoms with E-state index in [4.69, 9.17) is 10.8 Å². The van der Waals surface area contributed by atoms with Crippen molar-refractivity contribution in [3.8, 4) is 0 Å². The van der Waals surface area contributed by atoms with Crippen LogP contribution in [0.15, 0.2) is 18.5 Å². The number of aromatic nitrogens is 2. The van der Waals surface area contributed by atoms with Crippen molar-refractivity contribution >= 4 is 42.7 Å². The molecule has 0 bridgehead atoms. The molecule has 0 radical (unpaired) electrons. The zero-order chi connectivity index (χ0) is 12.0. The van der Waals surface area contributed by atoms with Crippen molar-refractivity contribution in [1.82, 2.24) is 9.97 Å². The highest BCUT2D eigenvalue weighted by Crippen LogP contribution is 2.03.